The molecule has 45 heavy (non-hydrogen) atoms. The number of fused-ring (bicyclic) bond motifs is 1. The fourth-order valence-corrected chi connectivity index (χ4v) is 5.37. The van der Waals surface area contributed by atoms with Crippen LogP contribution in [0, 0.1) is 0 Å². The number of ether oxygens (including phenoxy) is 2. The summed E-state index contributed by atoms with van der Waals surface area (Å²) in [5.74, 6) is -1.01. The molecule has 3 amide bonds. The van der Waals surface area contributed by atoms with Gasteiger partial charge in [0.15, 0.2) is 0 Å². The molecule has 4 aromatic carbocycles. The monoisotopic (exact) mass is 619 g/mol. The van der Waals surface area contributed by atoms with Crippen molar-refractivity contribution < 1.29 is 46.6 Å². The van der Waals surface area contributed by atoms with E-state index in [4.69, 9.17) is 9.47 Å². The van der Waals surface area contributed by atoms with Gasteiger partial charge in [-0.15, -0.1) is 4.48 Å². The molecular weight excluding hydrogens is 589 g/mol. The van der Waals surface area contributed by atoms with Gasteiger partial charge in [-0.25, -0.2) is 4.79 Å². The van der Waals surface area contributed by atoms with E-state index in [9.17, 15) is 32.7 Å². The van der Waals surface area contributed by atoms with E-state index >= 15 is 0 Å². The summed E-state index contributed by atoms with van der Waals surface area (Å²) < 4.78 is 48.5. The van der Waals surface area contributed by atoms with Crippen LogP contribution < -0.4 is 10.1 Å². The van der Waals surface area contributed by atoms with E-state index in [1.165, 1.54) is 19.2 Å². The fourth-order valence-electron chi connectivity index (χ4n) is 5.37. The highest BCUT2D eigenvalue weighted by atomic mass is 19.4. The lowest BCUT2D eigenvalue weighted by molar-refractivity contribution is -0.793. The van der Waals surface area contributed by atoms with Crippen molar-refractivity contribution in [3.05, 3.63) is 119 Å². The van der Waals surface area contributed by atoms with Crippen molar-refractivity contribution in [3.63, 3.8) is 0 Å². The number of esters is 1. The maximum absolute atomic E-state index is 13.6. The predicted molar refractivity (Wildman–Crippen MR) is 159 cm³/mol. The molecule has 1 aliphatic rings. The first-order valence-electron chi connectivity index (χ1n) is 14.1. The minimum absolute atomic E-state index is 0.0259. The highest BCUT2D eigenvalue weighted by Crippen LogP contribution is 2.34. The maximum atomic E-state index is 13.6. The van der Waals surface area contributed by atoms with Gasteiger partial charge in [-0.1, -0.05) is 60.7 Å². The normalized spacial score (nSPS) is 16.6. The van der Waals surface area contributed by atoms with E-state index in [-0.39, 0.29) is 37.6 Å². The smallest absolute Gasteiger partial charge is 0.468 e. The summed E-state index contributed by atoms with van der Waals surface area (Å²) in [5.41, 5.74) is 3.09. The first-order chi connectivity index (χ1) is 21.5. The minimum atomic E-state index is -4.48. The molecule has 1 aliphatic heterocycles. The molecule has 0 saturated carbocycles. The Morgan fingerprint density at radius 1 is 0.867 bits per heavy atom. The van der Waals surface area contributed by atoms with Crippen LogP contribution in [-0.4, -0.2) is 47.9 Å². The number of carbonyl (C=O) groups excluding carboxylic acids is 2. The summed E-state index contributed by atoms with van der Waals surface area (Å²) in [5, 5.41) is 12.9. The van der Waals surface area contributed by atoms with Crippen molar-refractivity contribution in [1.29, 1.82) is 0 Å². The molecule has 0 fully saturated rings. The van der Waals surface area contributed by atoms with Crippen molar-refractivity contribution in [2.75, 3.05) is 20.2 Å². The number of imide groups is 1. The fraction of sp³-hybridized carbons (Fsp3) is 0.206. The highest BCUT2D eigenvalue weighted by molar-refractivity contribution is 5.82. The molecule has 2 N–H and O–H groups in total. The molecule has 4 aromatic rings. The van der Waals surface area contributed by atoms with Gasteiger partial charge < -0.3 is 19.9 Å². The van der Waals surface area contributed by atoms with Gasteiger partial charge in [0.1, 0.15) is 24.6 Å². The molecule has 1 heterocycles. The lowest BCUT2D eigenvalue weighted by atomic mass is 9.96. The van der Waals surface area contributed by atoms with Gasteiger partial charge in [-0.05, 0) is 58.7 Å². The molecule has 2 unspecified atom stereocenters. The first-order valence-corrected chi connectivity index (χ1v) is 14.1. The molecule has 232 valence electrons. The van der Waals surface area contributed by atoms with E-state index in [0.29, 0.717) is 11.1 Å². The molecular formula is C34H30F3N2O6+. The van der Waals surface area contributed by atoms with Crippen molar-refractivity contribution >= 4 is 18.1 Å². The second kappa shape index (κ2) is 12.8. The molecule has 0 saturated heterocycles. The lowest BCUT2D eigenvalue weighted by Gasteiger charge is -2.34. The zero-order valence-corrected chi connectivity index (χ0v) is 24.2. The standard InChI is InChI=1S/C34H29F3N2O6/c1-44-31(40)30(25-9-7-23(8-10-25)22-5-3-2-4-6-22)20-38-32(41)39(33(42)43)18-17-24-11-14-29(19-26(24)21-39)45-28-15-12-27(13-16-28)34(35,36)37/h2-16,19,30H,17-18,20-21H2,1H3,(H-,38,41,42,43)/p+1. The van der Waals surface area contributed by atoms with Crippen molar-refractivity contribution in [2.24, 2.45) is 0 Å². The van der Waals surface area contributed by atoms with E-state index in [2.05, 4.69) is 5.32 Å². The molecule has 11 heteroatoms. The number of carboxylic acid groups (broad SMARTS) is 1. The van der Waals surface area contributed by atoms with Crippen LogP contribution in [0.4, 0.5) is 22.8 Å². The number of halogens is 3. The average molecular weight is 620 g/mol. The number of nitrogens with one attached hydrogen (secondary N) is 1. The van der Waals surface area contributed by atoms with E-state index < -0.39 is 40.2 Å². The second-order valence-corrected chi connectivity index (χ2v) is 10.7. The van der Waals surface area contributed by atoms with Crippen LogP contribution in [0.1, 0.15) is 28.2 Å². The molecule has 2 atom stereocenters. The number of methoxy groups -OCH3 is 1. The SMILES string of the molecule is COC(=O)C(CNC(=O)[N+]1(C(=O)O)CCc2ccc(Oc3ccc(C(F)(F)F)cc3)cc2C1)c1ccc(-c2ccccc2)cc1. The van der Waals surface area contributed by atoms with Crippen LogP contribution in [-0.2, 0) is 28.7 Å². The Hall–Kier alpha value is -5.16. The van der Waals surface area contributed by atoms with E-state index in [1.807, 2.05) is 42.5 Å². The number of urea groups is 1. The predicted octanol–water partition coefficient (Wildman–Crippen LogP) is 7.38. The number of hydrogen-bond donors (Lipinski definition) is 2. The number of nitrogens with zero attached hydrogens (tertiary/aromatic N) is 1. The van der Waals surface area contributed by atoms with Gasteiger partial charge in [-0.2, -0.15) is 18.0 Å². The third-order valence-electron chi connectivity index (χ3n) is 7.92. The van der Waals surface area contributed by atoms with Gasteiger partial charge >= 0.3 is 24.3 Å². The Labute approximate surface area is 257 Å². The molecule has 5 rings (SSSR count). The number of hydrogen-bond acceptors (Lipinski definition) is 5. The molecule has 8 nitrogen and oxygen atoms in total. The number of quaternary nitrogens is 1. The topological polar surface area (TPSA) is 102 Å². The van der Waals surface area contributed by atoms with Gasteiger partial charge in [0.25, 0.3) is 0 Å². The highest BCUT2D eigenvalue weighted by Gasteiger charge is 2.48. The van der Waals surface area contributed by atoms with Crippen LogP contribution in [0.5, 0.6) is 11.5 Å². The van der Waals surface area contributed by atoms with Gasteiger partial charge in [0.2, 0.25) is 0 Å². The van der Waals surface area contributed by atoms with Crippen LogP contribution in [0.15, 0.2) is 97.1 Å². The van der Waals surface area contributed by atoms with E-state index in [0.717, 1.165) is 28.8 Å². The van der Waals surface area contributed by atoms with Crippen LogP contribution >= 0.6 is 0 Å². The molecule has 0 radical (unpaired) electrons. The van der Waals surface area contributed by atoms with Crippen LogP contribution in [0.25, 0.3) is 11.1 Å². The number of rotatable bonds is 7. The third-order valence-corrected chi connectivity index (χ3v) is 7.92. The minimum Gasteiger partial charge on any atom is -0.468 e. The molecule has 0 aromatic heterocycles. The Morgan fingerprint density at radius 3 is 2.13 bits per heavy atom. The summed E-state index contributed by atoms with van der Waals surface area (Å²) in [6, 6.07) is 25.3. The Balaban J connectivity index is 1.31. The first kappa shape index (κ1) is 31.3. The largest absolute Gasteiger partial charge is 0.523 e. The van der Waals surface area contributed by atoms with Crippen LogP contribution in [0.2, 0.25) is 0 Å². The number of amides is 3. The average Bonchev–Trinajstić information content (AvgIpc) is 3.04. The van der Waals surface area contributed by atoms with Gasteiger partial charge in [-0.3, -0.25) is 4.79 Å². The summed E-state index contributed by atoms with van der Waals surface area (Å²) in [6.45, 7) is -0.412. The Kier molecular flexibility index (Phi) is 8.92. The lowest BCUT2D eigenvalue weighted by Crippen LogP contribution is -2.62. The summed E-state index contributed by atoms with van der Waals surface area (Å²) in [4.78, 5) is 38.9. The summed E-state index contributed by atoms with van der Waals surface area (Å²) >= 11 is 0. The second-order valence-electron chi connectivity index (χ2n) is 10.7. The summed E-state index contributed by atoms with van der Waals surface area (Å²) in [6.07, 6.45) is -5.57. The Bertz CT molecular complexity index is 1690. The summed E-state index contributed by atoms with van der Waals surface area (Å²) in [7, 11) is 1.24. The van der Waals surface area contributed by atoms with Gasteiger partial charge in [0.05, 0.1) is 18.6 Å². The number of benzene rings is 4. The van der Waals surface area contributed by atoms with Crippen molar-refractivity contribution in [3.8, 4) is 22.6 Å². The van der Waals surface area contributed by atoms with Crippen molar-refractivity contribution in [1.82, 2.24) is 5.32 Å². The van der Waals surface area contributed by atoms with Crippen LogP contribution in [0.3, 0.4) is 0 Å². The zero-order valence-electron chi connectivity index (χ0n) is 24.2. The Morgan fingerprint density at radius 2 is 1.51 bits per heavy atom. The quantitative estimate of drug-likeness (QED) is 0.165. The maximum Gasteiger partial charge on any atom is 0.523 e. The van der Waals surface area contributed by atoms with E-state index in [1.54, 1.807) is 30.3 Å². The van der Waals surface area contributed by atoms with Crippen molar-refractivity contribution in [2.45, 2.75) is 25.1 Å². The molecule has 0 aliphatic carbocycles. The zero-order chi connectivity index (χ0) is 32.2. The van der Waals surface area contributed by atoms with Gasteiger partial charge in [0, 0.05) is 18.5 Å². The number of alkyl halides is 3. The molecule has 0 spiro atoms. The molecule has 0 bridgehead atoms. The third kappa shape index (κ3) is 6.83. The number of carbonyl (C=O) groups is 3.